The first-order valence-electron chi connectivity index (χ1n) is 8.97. The second-order valence-electron chi connectivity index (χ2n) is 7.53. The molecule has 134 valence electrons. The van der Waals surface area contributed by atoms with Crippen molar-refractivity contribution in [3.8, 4) is 5.75 Å². The summed E-state index contributed by atoms with van der Waals surface area (Å²) < 4.78 is 7.75. The van der Waals surface area contributed by atoms with Gasteiger partial charge in [0.15, 0.2) is 0 Å². The van der Waals surface area contributed by atoms with Gasteiger partial charge in [0.05, 0.1) is 18.3 Å². The maximum Gasteiger partial charge on any atom is 0.223 e. The topological polar surface area (TPSA) is 47.4 Å². The van der Waals surface area contributed by atoms with Gasteiger partial charge in [0.25, 0.3) is 0 Å². The van der Waals surface area contributed by atoms with Crippen LogP contribution in [0.15, 0.2) is 36.5 Å². The van der Waals surface area contributed by atoms with Gasteiger partial charge in [0.1, 0.15) is 5.75 Å². The summed E-state index contributed by atoms with van der Waals surface area (Å²) in [6.45, 7) is 8.48. The molecule has 2 heterocycles. The minimum absolute atomic E-state index is 0.0193. The van der Waals surface area contributed by atoms with Crippen molar-refractivity contribution in [1.29, 1.82) is 0 Å². The molecule has 1 aliphatic rings. The number of carbonyl (C=O) groups excluding carboxylic acids is 1. The zero-order valence-corrected chi connectivity index (χ0v) is 15.4. The van der Waals surface area contributed by atoms with Crippen LogP contribution < -0.4 is 4.74 Å². The van der Waals surface area contributed by atoms with Gasteiger partial charge in [0, 0.05) is 37.2 Å². The van der Waals surface area contributed by atoms with E-state index >= 15 is 0 Å². The Balaban J connectivity index is 1.49. The Bertz CT molecular complexity index is 716. The first kappa shape index (κ1) is 17.5. The van der Waals surface area contributed by atoms with Crippen molar-refractivity contribution in [3.63, 3.8) is 0 Å². The Hall–Kier alpha value is -2.30. The number of hydrogen-bond donors (Lipinski definition) is 0. The molecule has 3 rings (SSSR count). The Labute approximate surface area is 149 Å². The highest BCUT2D eigenvalue weighted by atomic mass is 16.5. The summed E-state index contributed by atoms with van der Waals surface area (Å²) >= 11 is 0. The predicted molar refractivity (Wildman–Crippen MR) is 97.5 cm³/mol. The lowest BCUT2D eigenvalue weighted by atomic mass is 10.0. The summed E-state index contributed by atoms with van der Waals surface area (Å²) in [5, 5.41) is 4.53. The quantitative estimate of drug-likeness (QED) is 0.783. The van der Waals surface area contributed by atoms with E-state index in [1.54, 1.807) is 0 Å². The molecule has 5 nitrogen and oxygen atoms in total. The van der Waals surface area contributed by atoms with E-state index in [0.717, 1.165) is 25.1 Å². The number of nitrogens with zero attached hydrogens (tertiary/aromatic N) is 3. The predicted octanol–water partition coefficient (Wildman–Crippen LogP) is 3.38. The Morgan fingerprint density at radius 2 is 2.00 bits per heavy atom. The van der Waals surface area contributed by atoms with Gasteiger partial charge in [-0.1, -0.05) is 18.2 Å². The molecule has 0 atom stereocenters. The Kier molecular flexibility index (Phi) is 5.11. The molecule has 1 aromatic carbocycles. The van der Waals surface area contributed by atoms with Crippen molar-refractivity contribution in [2.75, 3.05) is 13.2 Å². The molecule has 0 N–H and O–H groups in total. The molecule has 2 aromatic rings. The molecule has 0 spiro atoms. The molecular formula is C20H27N3O2. The molecule has 0 fully saturated rings. The van der Waals surface area contributed by atoms with Crippen LogP contribution in [-0.4, -0.2) is 33.7 Å². The van der Waals surface area contributed by atoms with E-state index in [9.17, 15) is 4.79 Å². The third-order valence-corrected chi connectivity index (χ3v) is 4.47. The Morgan fingerprint density at radius 3 is 2.72 bits per heavy atom. The minimum Gasteiger partial charge on any atom is -0.494 e. The highest BCUT2D eigenvalue weighted by molar-refractivity contribution is 5.76. The molecule has 0 bridgehead atoms. The first-order valence-corrected chi connectivity index (χ1v) is 8.97. The lowest BCUT2D eigenvalue weighted by Gasteiger charge is -2.30. The molecule has 1 aromatic heterocycles. The van der Waals surface area contributed by atoms with Gasteiger partial charge in [-0.3, -0.25) is 9.48 Å². The highest BCUT2D eigenvalue weighted by Crippen LogP contribution is 2.24. The smallest absolute Gasteiger partial charge is 0.223 e. The zero-order chi connectivity index (χ0) is 17.9. The van der Waals surface area contributed by atoms with Crippen molar-refractivity contribution in [1.82, 2.24) is 14.7 Å². The number of aromatic nitrogens is 2. The monoisotopic (exact) mass is 341 g/mol. The number of fused-ring (bicyclic) bond motifs is 1. The molecule has 1 aliphatic heterocycles. The number of ether oxygens (including phenoxy) is 1. The van der Waals surface area contributed by atoms with Gasteiger partial charge in [-0.25, -0.2) is 0 Å². The molecule has 1 amide bonds. The second kappa shape index (κ2) is 7.30. The summed E-state index contributed by atoms with van der Waals surface area (Å²) in [6.07, 6.45) is 4.05. The lowest BCUT2D eigenvalue weighted by molar-refractivity contribution is -0.132. The average Bonchev–Trinajstić information content (AvgIpc) is 3.03. The van der Waals surface area contributed by atoms with Crippen LogP contribution in [-0.2, 0) is 23.3 Å². The SMILES string of the molecule is CC(C)(C)n1ncc2c1CCN(C(=O)CCCOc1ccccc1)C2. The number of hydrogen-bond acceptors (Lipinski definition) is 3. The van der Waals surface area contributed by atoms with Gasteiger partial charge in [-0.2, -0.15) is 5.10 Å². The molecule has 0 saturated carbocycles. The van der Waals surface area contributed by atoms with Gasteiger partial charge in [-0.05, 0) is 39.3 Å². The summed E-state index contributed by atoms with van der Waals surface area (Å²) in [5.74, 6) is 1.05. The van der Waals surface area contributed by atoms with Crippen molar-refractivity contribution < 1.29 is 9.53 Å². The molecule has 5 heteroatoms. The standard InChI is InChI=1S/C20H27N3O2/c1-20(2,3)23-18-11-12-22(15-16(18)14-21-23)19(24)10-7-13-25-17-8-5-4-6-9-17/h4-6,8-9,14H,7,10-13,15H2,1-3H3. The molecule has 0 unspecified atom stereocenters. The van der Waals surface area contributed by atoms with Gasteiger partial charge >= 0.3 is 0 Å². The fourth-order valence-electron chi connectivity index (χ4n) is 3.21. The minimum atomic E-state index is -0.0193. The molecule has 25 heavy (non-hydrogen) atoms. The fraction of sp³-hybridized carbons (Fsp3) is 0.500. The van der Waals surface area contributed by atoms with E-state index in [4.69, 9.17) is 4.74 Å². The maximum absolute atomic E-state index is 12.5. The molecule has 0 aliphatic carbocycles. The van der Waals surface area contributed by atoms with Crippen molar-refractivity contribution in [3.05, 3.63) is 47.8 Å². The van der Waals surface area contributed by atoms with Crippen LogP contribution in [0.1, 0.15) is 44.9 Å². The van der Waals surface area contributed by atoms with Crippen molar-refractivity contribution in [2.24, 2.45) is 0 Å². The lowest BCUT2D eigenvalue weighted by Crippen LogP contribution is -2.37. The first-order chi connectivity index (χ1) is 11.9. The summed E-state index contributed by atoms with van der Waals surface area (Å²) in [4.78, 5) is 14.4. The zero-order valence-electron chi connectivity index (χ0n) is 15.4. The second-order valence-corrected chi connectivity index (χ2v) is 7.53. The van der Waals surface area contributed by atoms with Gasteiger partial charge in [0.2, 0.25) is 5.91 Å². The molecule has 0 saturated heterocycles. The van der Waals surface area contributed by atoms with Crippen LogP contribution in [0.4, 0.5) is 0 Å². The van der Waals surface area contributed by atoms with E-state index in [-0.39, 0.29) is 11.4 Å². The normalized spacial score (nSPS) is 14.3. The molecule has 0 radical (unpaired) electrons. The number of para-hydroxylation sites is 1. The fourth-order valence-corrected chi connectivity index (χ4v) is 3.21. The van der Waals surface area contributed by atoms with E-state index in [0.29, 0.717) is 19.6 Å². The number of amides is 1. The van der Waals surface area contributed by atoms with E-state index in [1.165, 1.54) is 11.3 Å². The van der Waals surface area contributed by atoms with Crippen LogP contribution in [0.2, 0.25) is 0 Å². The maximum atomic E-state index is 12.5. The third kappa shape index (κ3) is 4.21. The average molecular weight is 341 g/mol. The van der Waals surface area contributed by atoms with Crippen LogP contribution in [0.25, 0.3) is 0 Å². The number of benzene rings is 1. The largest absolute Gasteiger partial charge is 0.494 e. The Morgan fingerprint density at radius 1 is 1.24 bits per heavy atom. The van der Waals surface area contributed by atoms with Crippen LogP contribution in [0.3, 0.4) is 0 Å². The van der Waals surface area contributed by atoms with Gasteiger partial charge in [-0.15, -0.1) is 0 Å². The van der Waals surface area contributed by atoms with Crippen molar-refractivity contribution >= 4 is 5.91 Å². The summed E-state index contributed by atoms with van der Waals surface area (Å²) in [5.41, 5.74) is 2.42. The third-order valence-electron chi connectivity index (χ3n) is 4.47. The van der Waals surface area contributed by atoms with E-state index in [1.807, 2.05) is 41.4 Å². The van der Waals surface area contributed by atoms with Crippen LogP contribution in [0.5, 0.6) is 5.75 Å². The van der Waals surface area contributed by atoms with Gasteiger partial charge < -0.3 is 9.64 Å². The van der Waals surface area contributed by atoms with Crippen LogP contribution >= 0.6 is 0 Å². The summed E-state index contributed by atoms with van der Waals surface area (Å²) in [6, 6.07) is 9.72. The molecular weight excluding hydrogens is 314 g/mol. The highest BCUT2D eigenvalue weighted by Gasteiger charge is 2.27. The van der Waals surface area contributed by atoms with E-state index in [2.05, 4.69) is 30.6 Å². The summed E-state index contributed by atoms with van der Waals surface area (Å²) in [7, 11) is 0. The number of carbonyl (C=O) groups is 1. The van der Waals surface area contributed by atoms with Crippen LogP contribution in [0, 0.1) is 0 Å². The van der Waals surface area contributed by atoms with Crippen molar-refractivity contribution in [2.45, 2.75) is 52.1 Å². The number of rotatable bonds is 5. The van der Waals surface area contributed by atoms with E-state index < -0.39 is 0 Å².